The van der Waals surface area contributed by atoms with Crippen LogP contribution in [0.5, 0.6) is 0 Å². The molecule has 0 spiro atoms. The molecule has 26 heavy (non-hydrogen) atoms. The van der Waals surface area contributed by atoms with Crippen molar-refractivity contribution in [1.29, 1.82) is 0 Å². The van der Waals surface area contributed by atoms with Crippen LogP contribution < -0.4 is 5.32 Å². The van der Waals surface area contributed by atoms with Crippen LogP contribution in [0.4, 0.5) is 0 Å². The van der Waals surface area contributed by atoms with Crippen molar-refractivity contribution in [2.24, 2.45) is 11.3 Å². The van der Waals surface area contributed by atoms with Gasteiger partial charge in [0, 0.05) is 5.02 Å². The van der Waals surface area contributed by atoms with Crippen LogP contribution in [0.25, 0.3) is 0 Å². The lowest BCUT2D eigenvalue weighted by Gasteiger charge is -2.42. The summed E-state index contributed by atoms with van der Waals surface area (Å²) in [7, 11) is 1.38. The van der Waals surface area contributed by atoms with Crippen LogP contribution in [-0.4, -0.2) is 24.5 Å². The number of amides is 1. The Morgan fingerprint density at radius 3 is 2.38 bits per heavy atom. The van der Waals surface area contributed by atoms with E-state index in [2.05, 4.69) is 26.1 Å². The first-order chi connectivity index (χ1) is 12.1. The number of esters is 1. The van der Waals surface area contributed by atoms with E-state index in [9.17, 15) is 9.59 Å². The summed E-state index contributed by atoms with van der Waals surface area (Å²) in [6.45, 7) is 8.62. The highest BCUT2D eigenvalue weighted by atomic mass is 35.5. The molecule has 1 fully saturated rings. The summed E-state index contributed by atoms with van der Waals surface area (Å²) in [5.41, 5.74) is 1.08. The van der Waals surface area contributed by atoms with E-state index in [1.807, 2.05) is 25.1 Å². The van der Waals surface area contributed by atoms with Crippen LogP contribution >= 0.6 is 11.6 Å². The van der Waals surface area contributed by atoms with Crippen molar-refractivity contribution in [2.75, 3.05) is 7.11 Å². The number of benzene rings is 1. The van der Waals surface area contributed by atoms with Gasteiger partial charge in [-0.15, -0.1) is 0 Å². The summed E-state index contributed by atoms with van der Waals surface area (Å²) in [5, 5.41) is 3.55. The van der Waals surface area contributed by atoms with Gasteiger partial charge in [0.1, 0.15) is 5.54 Å². The van der Waals surface area contributed by atoms with Gasteiger partial charge >= 0.3 is 5.97 Å². The molecule has 0 aliphatic heterocycles. The van der Waals surface area contributed by atoms with Gasteiger partial charge in [-0.05, 0) is 61.1 Å². The van der Waals surface area contributed by atoms with Gasteiger partial charge in [-0.25, -0.2) is 4.79 Å². The van der Waals surface area contributed by atoms with Gasteiger partial charge in [-0.2, -0.15) is 0 Å². The maximum absolute atomic E-state index is 12.6. The van der Waals surface area contributed by atoms with Gasteiger partial charge in [-0.1, -0.05) is 44.5 Å². The topological polar surface area (TPSA) is 55.4 Å². The summed E-state index contributed by atoms with van der Waals surface area (Å²) in [5.74, 6) is -0.0210. The van der Waals surface area contributed by atoms with E-state index in [4.69, 9.17) is 16.3 Å². The summed E-state index contributed by atoms with van der Waals surface area (Å²) in [4.78, 5) is 25.1. The van der Waals surface area contributed by atoms with Crippen LogP contribution in [0.15, 0.2) is 18.2 Å². The van der Waals surface area contributed by atoms with Crippen LogP contribution in [-0.2, 0) is 20.7 Å². The molecule has 1 aliphatic carbocycles. The van der Waals surface area contributed by atoms with Crippen LogP contribution in [0.3, 0.4) is 0 Å². The average molecular weight is 380 g/mol. The molecule has 1 aromatic rings. The fourth-order valence-corrected chi connectivity index (χ4v) is 4.13. The maximum atomic E-state index is 12.6. The Labute approximate surface area is 161 Å². The van der Waals surface area contributed by atoms with Gasteiger partial charge < -0.3 is 10.1 Å². The molecule has 4 nitrogen and oxygen atoms in total. The number of hydrogen-bond donors (Lipinski definition) is 1. The minimum atomic E-state index is -0.926. The van der Waals surface area contributed by atoms with Crippen LogP contribution in [0.1, 0.15) is 57.6 Å². The van der Waals surface area contributed by atoms with E-state index >= 15 is 0 Å². The number of halogens is 1. The minimum Gasteiger partial charge on any atom is -0.467 e. The number of aryl methyl sites for hydroxylation is 1. The predicted molar refractivity (Wildman–Crippen MR) is 104 cm³/mol. The van der Waals surface area contributed by atoms with Crippen molar-refractivity contribution in [2.45, 2.75) is 65.3 Å². The van der Waals surface area contributed by atoms with Gasteiger partial charge in [0.15, 0.2) is 0 Å². The SMILES string of the molecule is COC(=O)C1(NC(=O)Cc2ccc(C)cc2Cl)CCC(C(C)(C)C)CC1. The van der Waals surface area contributed by atoms with E-state index in [0.717, 1.165) is 24.0 Å². The predicted octanol–water partition coefficient (Wildman–Crippen LogP) is 4.46. The Morgan fingerprint density at radius 1 is 1.27 bits per heavy atom. The number of hydrogen-bond acceptors (Lipinski definition) is 3. The highest BCUT2D eigenvalue weighted by Crippen LogP contribution is 2.42. The molecule has 0 heterocycles. The molecule has 2 rings (SSSR count). The van der Waals surface area contributed by atoms with Crippen LogP contribution in [0, 0.1) is 18.3 Å². The first kappa shape index (κ1) is 20.8. The molecule has 1 amide bonds. The number of carbonyl (C=O) groups is 2. The van der Waals surface area contributed by atoms with Gasteiger partial charge in [-0.3, -0.25) is 4.79 Å². The largest absolute Gasteiger partial charge is 0.467 e. The lowest BCUT2D eigenvalue weighted by molar-refractivity contribution is -0.153. The third-order valence-electron chi connectivity index (χ3n) is 5.58. The van der Waals surface area contributed by atoms with Gasteiger partial charge in [0.2, 0.25) is 5.91 Å². The standard InChI is InChI=1S/C21H30ClNO3/c1-14-6-7-15(17(22)12-14)13-18(24)23-21(19(25)26-5)10-8-16(9-11-21)20(2,3)4/h6-7,12,16H,8-11,13H2,1-5H3,(H,23,24). The Bertz CT molecular complexity index is 670. The second-order valence-electron chi connectivity index (χ2n) is 8.53. The maximum Gasteiger partial charge on any atom is 0.331 e. The molecule has 0 unspecified atom stereocenters. The van der Waals surface area contributed by atoms with E-state index < -0.39 is 5.54 Å². The number of carbonyl (C=O) groups excluding carboxylic acids is 2. The lowest BCUT2D eigenvalue weighted by atomic mass is 9.67. The molecular weight excluding hydrogens is 350 g/mol. The minimum absolute atomic E-state index is 0.153. The van der Waals surface area contributed by atoms with Crippen LogP contribution in [0.2, 0.25) is 5.02 Å². The second kappa shape index (κ2) is 7.99. The fraction of sp³-hybridized carbons (Fsp3) is 0.619. The summed E-state index contributed by atoms with van der Waals surface area (Å²) in [6, 6.07) is 5.63. The molecule has 0 atom stereocenters. The number of nitrogens with one attached hydrogen (secondary N) is 1. The second-order valence-corrected chi connectivity index (χ2v) is 8.94. The van der Waals surface area contributed by atoms with E-state index in [0.29, 0.717) is 23.8 Å². The van der Waals surface area contributed by atoms with Crippen molar-refractivity contribution in [3.63, 3.8) is 0 Å². The first-order valence-electron chi connectivity index (χ1n) is 9.22. The zero-order valence-electron chi connectivity index (χ0n) is 16.4. The third kappa shape index (κ3) is 4.79. The normalized spacial score (nSPS) is 23.4. The lowest BCUT2D eigenvalue weighted by Crippen LogP contribution is -2.57. The Morgan fingerprint density at radius 2 is 1.88 bits per heavy atom. The summed E-state index contributed by atoms with van der Waals surface area (Å²) in [6.07, 6.45) is 3.15. The van der Waals surface area contributed by atoms with E-state index in [1.165, 1.54) is 7.11 Å². The van der Waals surface area contributed by atoms with Gasteiger partial charge in [0.25, 0.3) is 0 Å². The number of rotatable bonds is 4. The highest BCUT2D eigenvalue weighted by Gasteiger charge is 2.45. The Kier molecular flexibility index (Phi) is 6.38. The highest BCUT2D eigenvalue weighted by molar-refractivity contribution is 6.31. The zero-order valence-corrected chi connectivity index (χ0v) is 17.2. The zero-order chi connectivity index (χ0) is 19.5. The Balaban J connectivity index is 2.11. The average Bonchev–Trinajstić information content (AvgIpc) is 2.56. The molecule has 0 bridgehead atoms. The number of methoxy groups -OCH3 is 1. The molecule has 1 saturated carbocycles. The summed E-state index contributed by atoms with van der Waals surface area (Å²) >= 11 is 6.24. The molecule has 0 saturated heterocycles. The molecule has 1 N–H and O–H groups in total. The van der Waals surface area contributed by atoms with E-state index in [-0.39, 0.29) is 23.7 Å². The quantitative estimate of drug-likeness (QED) is 0.786. The number of ether oxygens (including phenoxy) is 1. The molecule has 0 radical (unpaired) electrons. The molecule has 1 aromatic carbocycles. The van der Waals surface area contributed by atoms with Crippen molar-refractivity contribution < 1.29 is 14.3 Å². The third-order valence-corrected chi connectivity index (χ3v) is 5.93. The van der Waals surface area contributed by atoms with Crippen molar-refractivity contribution in [3.8, 4) is 0 Å². The molecular formula is C21H30ClNO3. The van der Waals surface area contributed by atoms with E-state index in [1.54, 1.807) is 0 Å². The van der Waals surface area contributed by atoms with Crippen molar-refractivity contribution in [3.05, 3.63) is 34.3 Å². The van der Waals surface area contributed by atoms with Crippen molar-refractivity contribution >= 4 is 23.5 Å². The molecule has 144 valence electrons. The summed E-state index contributed by atoms with van der Waals surface area (Å²) < 4.78 is 5.02. The fourth-order valence-electron chi connectivity index (χ4n) is 3.83. The Hall–Kier alpha value is -1.55. The monoisotopic (exact) mass is 379 g/mol. The molecule has 1 aliphatic rings. The first-order valence-corrected chi connectivity index (χ1v) is 9.59. The molecule has 0 aromatic heterocycles. The molecule has 5 heteroatoms. The van der Waals surface area contributed by atoms with Crippen molar-refractivity contribution in [1.82, 2.24) is 5.32 Å². The smallest absolute Gasteiger partial charge is 0.331 e. The van der Waals surface area contributed by atoms with Gasteiger partial charge in [0.05, 0.1) is 13.5 Å².